The molecule has 0 bridgehead atoms. The van der Waals surface area contributed by atoms with Gasteiger partial charge in [-0.05, 0) is 50.2 Å². The van der Waals surface area contributed by atoms with Gasteiger partial charge in [0.2, 0.25) is 0 Å². The van der Waals surface area contributed by atoms with Crippen molar-refractivity contribution in [2.45, 2.75) is 20.0 Å². The third-order valence-corrected chi connectivity index (χ3v) is 3.15. The quantitative estimate of drug-likeness (QED) is 0.683. The van der Waals surface area contributed by atoms with Crippen LogP contribution in [0.4, 0.5) is 0 Å². The van der Waals surface area contributed by atoms with E-state index in [0.29, 0.717) is 36.0 Å². The van der Waals surface area contributed by atoms with Gasteiger partial charge in [-0.1, -0.05) is 6.07 Å². The summed E-state index contributed by atoms with van der Waals surface area (Å²) in [5, 5.41) is 0. The Labute approximate surface area is 142 Å². The number of hydrogen-bond donors (Lipinski definition) is 0. The summed E-state index contributed by atoms with van der Waals surface area (Å²) in [5.74, 6) is 1.65. The second-order valence-corrected chi connectivity index (χ2v) is 5.21. The molecule has 0 aliphatic heterocycles. The third-order valence-electron chi connectivity index (χ3n) is 3.15. The summed E-state index contributed by atoms with van der Waals surface area (Å²) >= 11 is 0. The number of carbonyl (C=O) groups excluding carboxylic acids is 1. The molecule has 2 aromatic carbocycles. The van der Waals surface area contributed by atoms with Crippen molar-refractivity contribution in [3.8, 4) is 17.2 Å². The molecular weight excluding hydrogens is 308 g/mol. The number of esters is 1. The van der Waals surface area contributed by atoms with Crippen LogP contribution in [0.15, 0.2) is 48.5 Å². The highest BCUT2D eigenvalue weighted by atomic mass is 16.5. The van der Waals surface area contributed by atoms with Crippen LogP contribution >= 0.6 is 0 Å². The topological polar surface area (TPSA) is 54.0 Å². The van der Waals surface area contributed by atoms with E-state index in [-0.39, 0.29) is 12.1 Å². The summed E-state index contributed by atoms with van der Waals surface area (Å²) in [5.41, 5.74) is 0.495. The Balaban J connectivity index is 2.01. The van der Waals surface area contributed by atoms with Gasteiger partial charge in [0.05, 0.1) is 18.8 Å². The lowest BCUT2D eigenvalue weighted by molar-refractivity contribution is 0.0526. The fraction of sp³-hybridized carbons (Fsp3) is 0.316. The van der Waals surface area contributed by atoms with Gasteiger partial charge in [-0.15, -0.1) is 0 Å². The number of benzene rings is 2. The zero-order valence-electron chi connectivity index (χ0n) is 14.2. The van der Waals surface area contributed by atoms with Gasteiger partial charge in [-0.25, -0.2) is 4.79 Å². The maximum Gasteiger partial charge on any atom is 0.338 e. The molecule has 0 aromatic heterocycles. The van der Waals surface area contributed by atoms with Crippen LogP contribution in [0.5, 0.6) is 17.2 Å². The zero-order valence-corrected chi connectivity index (χ0v) is 14.2. The monoisotopic (exact) mass is 330 g/mol. The highest BCUT2D eigenvalue weighted by molar-refractivity contribution is 5.89. The van der Waals surface area contributed by atoms with E-state index in [9.17, 15) is 4.79 Å². The van der Waals surface area contributed by atoms with Crippen molar-refractivity contribution >= 4 is 5.97 Å². The molecule has 0 N–H and O–H groups in total. The van der Waals surface area contributed by atoms with Gasteiger partial charge in [-0.2, -0.15) is 0 Å². The normalized spacial score (nSPS) is 11.6. The predicted molar refractivity (Wildman–Crippen MR) is 90.9 cm³/mol. The molecule has 5 heteroatoms. The minimum Gasteiger partial charge on any atom is -0.488 e. The number of rotatable bonds is 8. The SMILES string of the molecule is CCOC(=O)c1ccc(Oc2cccc(O[C@@H](C)COC)c2)cc1. The maximum atomic E-state index is 11.6. The second kappa shape index (κ2) is 8.93. The first kappa shape index (κ1) is 17.8. The van der Waals surface area contributed by atoms with E-state index in [0.717, 1.165) is 0 Å². The van der Waals surface area contributed by atoms with Crippen molar-refractivity contribution in [2.24, 2.45) is 0 Å². The molecule has 1 atom stereocenters. The minimum atomic E-state index is -0.341. The van der Waals surface area contributed by atoms with E-state index in [2.05, 4.69) is 0 Å². The Morgan fingerprint density at radius 1 is 1.04 bits per heavy atom. The molecule has 2 rings (SSSR count). The molecule has 0 unspecified atom stereocenters. The van der Waals surface area contributed by atoms with E-state index in [1.807, 2.05) is 31.2 Å². The van der Waals surface area contributed by atoms with Crippen molar-refractivity contribution in [3.05, 3.63) is 54.1 Å². The summed E-state index contributed by atoms with van der Waals surface area (Å²) in [6, 6.07) is 14.2. The van der Waals surface area contributed by atoms with E-state index in [4.69, 9.17) is 18.9 Å². The summed E-state index contributed by atoms with van der Waals surface area (Å²) in [6.45, 7) is 4.58. The Bertz CT molecular complexity index is 651. The highest BCUT2D eigenvalue weighted by Gasteiger charge is 2.08. The van der Waals surface area contributed by atoms with Gasteiger partial charge in [0.15, 0.2) is 0 Å². The minimum absolute atomic E-state index is 0.0471. The second-order valence-electron chi connectivity index (χ2n) is 5.21. The van der Waals surface area contributed by atoms with Crippen LogP contribution in [0.25, 0.3) is 0 Å². The zero-order chi connectivity index (χ0) is 17.4. The maximum absolute atomic E-state index is 11.6. The molecule has 0 saturated carbocycles. The Morgan fingerprint density at radius 2 is 1.75 bits per heavy atom. The molecule has 0 aliphatic carbocycles. The van der Waals surface area contributed by atoms with Gasteiger partial charge in [0, 0.05) is 13.2 Å². The molecule has 0 spiro atoms. The largest absolute Gasteiger partial charge is 0.488 e. The van der Waals surface area contributed by atoms with E-state index in [1.165, 1.54) is 0 Å². The van der Waals surface area contributed by atoms with Crippen molar-refractivity contribution in [3.63, 3.8) is 0 Å². The van der Waals surface area contributed by atoms with Crippen LogP contribution < -0.4 is 9.47 Å². The average molecular weight is 330 g/mol. The van der Waals surface area contributed by atoms with Gasteiger partial charge >= 0.3 is 5.97 Å². The molecule has 24 heavy (non-hydrogen) atoms. The smallest absolute Gasteiger partial charge is 0.338 e. The first-order valence-corrected chi connectivity index (χ1v) is 7.83. The van der Waals surface area contributed by atoms with Crippen molar-refractivity contribution < 1.29 is 23.7 Å². The van der Waals surface area contributed by atoms with E-state index < -0.39 is 0 Å². The van der Waals surface area contributed by atoms with Crippen LogP contribution in [0.3, 0.4) is 0 Å². The first-order chi connectivity index (χ1) is 11.6. The summed E-state index contributed by atoms with van der Waals surface area (Å²) < 4.78 is 21.5. The molecule has 0 fully saturated rings. The molecule has 0 aliphatic rings. The van der Waals surface area contributed by atoms with E-state index in [1.54, 1.807) is 38.3 Å². The molecule has 128 valence electrons. The number of hydrogen-bond acceptors (Lipinski definition) is 5. The van der Waals surface area contributed by atoms with Gasteiger partial charge in [-0.3, -0.25) is 0 Å². The van der Waals surface area contributed by atoms with Crippen LogP contribution in [0, 0.1) is 0 Å². The molecular formula is C19H22O5. The van der Waals surface area contributed by atoms with Crippen LogP contribution in [-0.4, -0.2) is 32.4 Å². The fourth-order valence-electron chi connectivity index (χ4n) is 2.12. The van der Waals surface area contributed by atoms with Crippen molar-refractivity contribution in [1.29, 1.82) is 0 Å². The first-order valence-electron chi connectivity index (χ1n) is 7.83. The summed E-state index contributed by atoms with van der Waals surface area (Å²) in [6.07, 6.45) is -0.0471. The number of carbonyl (C=O) groups is 1. The van der Waals surface area contributed by atoms with Crippen molar-refractivity contribution in [1.82, 2.24) is 0 Å². The Hall–Kier alpha value is -2.53. The lowest BCUT2D eigenvalue weighted by Crippen LogP contribution is -2.17. The molecule has 0 heterocycles. The molecule has 0 radical (unpaired) electrons. The number of methoxy groups -OCH3 is 1. The third kappa shape index (κ3) is 5.28. The van der Waals surface area contributed by atoms with Crippen LogP contribution in [-0.2, 0) is 9.47 Å². The van der Waals surface area contributed by atoms with Crippen LogP contribution in [0.1, 0.15) is 24.2 Å². The lowest BCUT2D eigenvalue weighted by Gasteiger charge is -2.14. The highest BCUT2D eigenvalue weighted by Crippen LogP contribution is 2.26. The summed E-state index contributed by atoms with van der Waals surface area (Å²) in [7, 11) is 1.64. The van der Waals surface area contributed by atoms with Crippen molar-refractivity contribution in [2.75, 3.05) is 20.3 Å². The molecule has 0 amide bonds. The Morgan fingerprint density at radius 3 is 2.42 bits per heavy atom. The summed E-state index contributed by atoms with van der Waals surface area (Å²) in [4.78, 5) is 11.6. The Kier molecular flexibility index (Phi) is 6.63. The van der Waals surface area contributed by atoms with Crippen LogP contribution in [0.2, 0.25) is 0 Å². The lowest BCUT2D eigenvalue weighted by atomic mass is 10.2. The molecule has 2 aromatic rings. The molecule has 0 saturated heterocycles. The van der Waals surface area contributed by atoms with Gasteiger partial charge < -0.3 is 18.9 Å². The predicted octanol–water partition coefficient (Wildman–Crippen LogP) is 4.07. The molecule has 5 nitrogen and oxygen atoms in total. The van der Waals surface area contributed by atoms with Gasteiger partial charge in [0.1, 0.15) is 23.4 Å². The fourth-order valence-corrected chi connectivity index (χ4v) is 2.12. The average Bonchev–Trinajstić information content (AvgIpc) is 2.56. The van der Waals surface area contributed by atoms with Gasteiger partial charge in [0.25, 0.3) is 0 Å². The number of ether oxygens (including phenoxy) is 4. The standard InChI is InChI=1S/C19H22O5/c1-4-22-19(20)15-8-10-16(11-9-15)24-18-7-5-6-17(12-18)23-14(2)13-21-3/h5-12,14H,4,13H2,1-3H3/t14-/m0/s1. The van der Waals surface area contributed by atoms with E-state index >= 15 is 0 Å².